The Labute approximate surface area is 124 Å². The molecule has 2 rings (SSSR count). The predicted molar refractivity (Wildman–Crippen MR) is 76.3 cm³/mol. The molecule has 21 heavy (non-hydrogen) atoms. The van der Waals surface area contributed by atoms with Crippen molar-refractivity contribution >= 4 is 23.3 Å². The monoisotopic (exact) mass is 307 g/mol. The van der Waals surface area contributed by atoms with Crippen molar-refractivity contribution in [2.45, 2.75) is 6.92 Å². The summed E-state index contributed by atoms with van der Waals surface area (Å²) in [6.07, 6.45) is 0. The first-order valence-corrected chi connectivity index (χ1v) is 6.22. The number of nitro benzene ring substituents is 1. The van der Waals surface area contributed by atoms with Gasteiger partial charge in [-0.05, 0) is 42.8 Å². The molecule has 0 aliphatic heterocycles. The Morgan fingerprint density at radius 2 is 2.05 bits per heavy atom. The number of carbonyl (C=O) groups is 1. The van der Waals surface area contributed by atoms with Crippen LogP contribution in [-0.4, -0.2) is 16.0 Å². The molecule has 2 aromatic carbocycles. The molecule has 108 valence electrons. The quantitative estimate of drug-likeness (QED) is 0.680. The topological polar surface area (TPSA) is 89.7 Å². The third kappa shape index (κ3) is 3.11. The summed E-state index contributed by atoms with van der Waals surface area (Å²) >= 11 is 5.89. The minimum absolute atomic E-state index is 0.137. The fraction of sp³-hybridized carbons (Fsp3) is 0.0714. The van der Waals surface area contributed by atoms with Crippen LogP contribution >= 0.6 is 11.6 Å². The summed E-state index contributed by atoms with van der Waals surface area (Å²) in [5, 5.41) is 20.6. The average Bonchev–Trinajstić information content (AvgIpc) is 2.42. The Bertz CT molecular complexity index is 729. The molecular formula is C14H10ClNO5. The second-order valence-corrected chi connectivity index (χ2v) is 4.63. The minimum atomic E-state index is -1.39. The van der Waals surface area contributed by atoms with E-state index >= 15 is 0 Å². The van der Waals surface area contributed by atoms with Crippen LogP contribution in [0.25, 0.3) is 0 Å². The van der Waals surface area contributed by atoms with Crippen molar-refractivity contribution in [3.8, 4) is 11.5 Å². The van der Waals surface area contributed by atoms with Crippen LogP contribution in [0, 0.1) is 17.0 Å². The van der Waals surface area contributed by atoms with Crippen molar-refractivity contribution in [3.05, 3.63) is 62.7 Å². The molecule has 7 heteroatoms. The first-order chi connectivity index (χ1) is 9.90. The number of aromatic carboxylic acids is 1. The second kappa shape index (κ2) is 5.80. The van der Waals surface area contributed by atoms with Gasteiger partial charge in [0, 0.05) is 5.02 Å². The summed E-state index contributed by atoms with van der Waals surface area (Å²) in [5.74, 6) is -1.19. The number of nitrogens with zero attached hydrogens (tertiary/aromatic N) is 1. The van der Waals surface area contributed by atoms with Gasteiger partial charge in [0.25, 0.3) is 0 Å². The van der Waals surface area contributed by atoms with Gasteiger partial charge in [0.1, 0.15) is 11.3 Å². The Hall–Kier alpha value is -2.60. The molecule has 0 bridgehead atoms. The van der Waals surface area contributed by atoms with Gasteiger partial charge < -0.3 is 9.84 Å². The smallest absolute Gasteiger partial charge is 0.342 e. The zero-order chi connectivity index (χ0) is 15.6. The van der Waals surface area contributed by atoms with Crippen LogP contribution in [-0.2, 0) is 0 Å². The van der Waals surface area contributed by atoms with Crippen molar-refractivity contribution < 1.29 is 19.6 Å². The van der Waals surface area contributed by atoms with E-state index in [1.807, 2.05) is 0 Å². The van der Waals surface area contributed by atoms with Gasteiger partial charge in [0.05, 0.1) is 4.92 Å². The van der Waals surface area contributed by atoms with Crippen LogP contribution in [0.1, 0.15) is 15.9 Å². The Morgan fingerprint density at radius 3 is 2.62 bits per heavy atom. The molecule has 0 fully saturated rings. The number of para-hydroxylation sites is 1. The maximum Gasteiger partial charge on any atom is 0.342 e. The molecule has 0 heterocycles. The molecule has 1 N–H and O–H groups in total. The second-order valence-electron chi connectivity index (χ2n) is 4.23. The van der Waals surface area contributed by atoms with Gasteiger partial charge in [-0.3, -0.25) is 10.1 Å². The number of benzene rings is 2. The highest BCUT2D eigenvalue weighted by molar-refractivity contribution is 6.31. The molecule has 0 aliphatic rings. The van der Waals surface area contributed by atoms with Crippen LogP contribution in [0.3, 0.4) is 0 Å². The molecule has 0 spiro atoms. The summed E-state index contributed by atoms with van der Waals surface area (Å²) in [5.41, 5.74) is -0.271. The summed E-state index contributed by atoms with van der Waals surface area (Å²) in [6, 6.07) is 8.63. The molecule has 0 aromatic heterocycles. The molecule has 2 aromatic rings. The number of carboxylic acid groups (broad SMARTS) is 1. The van der Waals surface area contributed by atoms with E-state index in [-0.39, 0.29) is 5.75 Å². The van der Waals surface area contributed by atoms with E-state index in [1.54, 1.807) is 25.1 Å². The van der Waals surface area contributed by atoms with Crippen LogP contribution in [0.5, 0.6) is 11.5 Å². The normalized spacial score (nSPS) is 10.2. The van der Waals surface area contributed by atoms with Crippen molar-refractivity contribution in [1.82, 2.24) is 0 Å². The summed E-state index contributed by atoms with van der Waals surface area (Å²) < 4.78 is 5.43. The Morgan fingerprint density at radius 1 is 1.33 bits per heavy atom. The predicted octanol–water partition coefficient (Wildman–Crippen LogP) is 4.05. The van der Waals surface area contributed by atoms with Gasteiger partial charge in [0.15, 0.2) is 0 Å². The average molecular weight is 308 g/mol. The number of aryl methyl sites for hydroxylation is 1. The number of carboxylic acids is 1. The lowest BCUT2D eigenvalue weighted by Crippen LogP contribution is -2.04. The van der Waals surface area contributed by atoms with Crippen molar-refractivity contribution in [2.75, 3.05) is 0 Å². The van der Waals surface area contributed by atoms with Crippen molar-refractivity contribution in [1.29, 1.82) is 0 Å². The zero-order valence-electron chi connectivity index (χ0n) is 10.9. The van der Waals surface area contributed by atoms with E-state index < -0.39 is 22.1 Å². The molecule has 0 saturated carbocycles. The molecule has 0 amide bonds. The minimum Gasteiger partial charge on any atom is -0.477 e. The van der Waals surface area contributed by atoms with Gasteiger partial charge in [-0.1, -0.05) is 17.7 Å². The maximum atomic E-state index is 11.1. The standard InChI is InChI=1S/C14H10ClNO5/c1-8-7-9(5-6-11(8)15)21-12-4-2-3-10(14(17)18)13(12)16(19)20/h2-7H,1H3,(H,17,18). The third-order valence-corrected chi connectivity index (χ3v) is 3.19. The maximum absolute atomic E-state index is 11.1. The Balaban J connectivity index is 2.48. The largest absolute Gasteiger partial charge is 0.477 e. The van der Waals surface area contributed by atoms with E-state index in [2.05, 4.69) is 0 Å². The lowest BCUT2D eigenvalue weighted by Gasteiger charge is -2.09. The lowest BCUT2D eigenvalue weighted by molar-refractivity contribution is -0.386. The van der Waals surface area contributed by atoms with E-state index in [0.29, 0.717) is 10.8 Å². The van der Waals surface area contributed by atoms with Crippen molar-refractivity contribution in [3.63, 3.8) is 0 Å². The number of nitro groups is 1. The number of hydrogen-bond donors (Lipinski definition) is 1. The Kier molecular flexibility index (Phi) is 4.09. The SMILES string of the molecule is Cc1cc(Oc2cccc(C(=O)O)c2[N+](=O)[O-])ccc1Cl. The van der Waals surface area contributed by atoms with Crippen LogP contribution in [0.2, 0.25) is 5.02 Å². The molecule has 0 radical (unpaired) electrons. The number of hydrogen-bond acceptors (Lipinski definition) is 4. The van der Waals surface area contributed by atoms with Crippen LogP contribution in [0.4, 0.5) is 5.69 Å². The highest BCUT2D eigenvalue weighted by atomic mass is 35.5. The van der Waals surface area contributed by atoms with E-state index in [0.717, 1.165) is 11.6 Å². The molecule has 0 saturated heterocycles. The van der Waals surface area contributed by atoms with E-state index in [1.165, 1.54) is 12.1 Å². The summed E-state index contributed by atoms with van der Waals surface area (Å²) in [4.78, 5) is 21.4. The van der Waals surface area contributed by atoms with Gasteiger partial charge in [-0.25, -0.2) is 4.79 Å². The molecule has 0 unspecified atom stereocenters. The molecule has 0 aliphatic carbocycles. The zero-order valence-corrected chi connectivity index (χ0v) is 11.6. The first kappa shape index (κ1) is 14.8. The van der Waals surface area contributed by atoms with Crippen LogP contribution in [0.15, 0.2) is 36.4 Å². The fourth-order valence-electron chi connectivity index (χ4n) is 1.77. The first-order valence-electron chi connectivity index (χ1n) is 5.85. The lowest BCUT2D eigenvalue weighted by atomic mass is 10.1. The van der Waals surface area contributed by atoms with Gasteiger partial charge in [0.2, 0.25) is 5.75 Å². The number of halogens is 1. The number of rotatable bonds is 4. The highest BCUT2D eigenvalue weighted by Gasteiger charge is 2.25. The van der Waals surface area contributed by atoms with E-state index in [9.17, 15) is 14.9 Å². The van der Waals surface area contributed by atoms with Gasteiger partial charge in [-0.15, -0.1) is 0 Å². The molecule has 6 nitrogen and oxygen atoms in total. The summed E-state index contributed by atoms with van der Waals surface area (Å²) in [7, 11) is 0. The van der Waals surface area contributed by atoms with E-state index in [4.69, 9.17) is 21.4 Å². The number of ether oxygens (including phenoxy) is 1. The van der Waals surface area contributed by atoms with Crippen molar-refractivity contribution in [2.24, 2.45) is 0 Å². The van der Waals surface area contributed by atoms with Crippen LogP contribution < -0.4 is 4.74 Å². The molecular weight excluding hydrogens is 298 g/mol. The van der Waals surface area contributed by atoms with Gasteiger partial charge in [-0.2, -0.15) is 0 Å². The summed E-state index contributed by atoms with van der Waals surface area (Å²) in [6.45, 7) is 1.76. The van der Waals surface area contributed by atoms with Gasteiger partial charge >= 0.3 is 11.7 Å². The molecule has 0 atom stereocenters. The fourth-order valence-corrected chi connectivity index (χ4v) is 1.89. The third-order valence-electron chi connectivity index (χ3n) is 2.77. The highest BCUT2D eigenvalue weighted by Crippen LogP contribution is 2.35.